The summed E-state index contributed by atoms with van der Waals surface area (Å²) in [4.78, 5) is 14.5. The van der Waals surface area contributed by atoms with Gasteiger partial charge in [-0.15, -0.1) is 0 Å². The van der Waals surface area contributed by atoms with Crippen LogP contribution in [0, 0.1) is 46.3 Å². The van der Waals surface area contributed by atoms with Crippen LogP contribution in [0.1, 0.15) is 132 Å². The molecule has 0 saturated heterocycles. The Balaban J connectivity index is 1.30. The summed E-state index contributed by atoms with van der Waals surface area (Å²) in [5, 5.41) is 10.4. The Morgan fingerprint density at radius 2 is 1.62 bits per heavy atom. The average Bonchev–Trinajstić information content (AvgIpc) is 3.38. The Morgan fingerprint density at radius 1 is 0.936 bits per heavy atom. The lowest BCUT2D eigenvalue weighted by Crippen LogP contribution is -2.52. The van der Waals surface area contributed by atoms with Crippen molar-refractivity contribution in [1.82, 2.24) is 4.31 Å². The van der Waals surface area contributed by atoms with Gasteiger partial charge in [-0.1, -0.05) is 79.4 Å². The Morgan fingerprint density at radius 3 is 2.23 bits per heavy atom. The molecule has 1 N–H and O–H groups in total. The fourth-order valence-electron chi connectivity index (χ4n) is 11.1. The van der Waals surface area contributed by atoms with E-state index in [-0.39, 0.29) is 16.4 Å². The molecule has 0 aromatic heterocycles. The van der Waals surface area contributed by atoms with E-state index in [0.29, 0.717) is 30.1 Å². The van der Waals surface area contributed by atoms with E-state index in [2.05, 4.69) is 40.7 Å². The van der Waals surface area contributed by atoms with Crippen LogP contribution >= 0.6 is 0 Å². The molecule has 1 aromatic carbocycles. The molecule has 264 valence electrons. The van der Waals surface area contributed by atoms with Gasteiger partial charge in [-0.3, -0.25) is 4.90 Å². The second-order valence-corrected chi connectivity index (χ2v) is 18.7. The number of carbonyl (C=O) groups is 1. The second-order valence-electron chi connectivity index (χ2n) is 16.7. The number of anilines is 1. The van der Waals surface area contributed by atoms with Gasteiger partial charge < -0.3 is 5.11 Å². The number of fused-ring (bicyclic) bond motifs is 5. The van der Waals surface area contributed by atoms with Crippen LogP contribution in [0.25, 0.3) is 0 Å². The zero-order valence-corrected chi connectivity index (χ0v) is 31.3. The highest BCUT2D eigenvalue weighted by Crippen LogP contribution is 2.67. The molecule has 5 rings (SSSR count). The lowest BCUT2D eigenvalue weighted by Gasteiger charge is -2.59. The van der Waals surface area contributed by atoms with Crippen molar-refractivity contribution in [3.63, 3.8) is 0 Å². The molecule has 0 spiro atoms. The van der Waals surface area contributed by atoms with Crippen LogP contribution < -0.4 is 4.90 Å². The fourth-order valence-corrected chi connectivity index (χ4v) is 12.8. The second kappa shape index (κ2) is 14.5. The summed E-state index contributed by atoms with van der Waals surface area (Å²) < 4.78 is 28.2. The summed E-state index contributed by atoms with van der Waals surface area (Å²) in [7, 11) is -3.62. The maximum Gasteiger partial charge on any atom is 0.412 e. The minimum Gasteiger partial charge on any atom is -0.465 e. The van der Waals surface area contributed by atoms with E-state index < -0.39 is 16.1 Å². The summed E-state index contributed by atoms with van der Waals surface area (Å²) in [6.45, 7) is 17.3. The molecule has 1 unspecified atom stereocenters. The Kier molecular flexibility index (Phi) is 11.3. The van der Waals surface area contributed by atoms with E-state index in [1.165, 1.54) is 59.7 Å². The van der Waals surface area contributed by atoms with Crippen molar-refractivity contribution >= 4 is 21.8 Å². The molecule has 7 heteroatoms. The van der Waals surface area contributed by atoms with Crippen LogP contribution in [0.4, 0.5) is 10.5 Å². The number of benzene rings is 1. The zero-order chi connectivity index (χ0) is 34.1. The maximum atomic E-state index is 13.3. The van der Waals surface area contributed by atoms with Crippen LogP contribution in [0.5, 0.6) is 0 Å². The SMILES string of the molecule is CCCN(CCC)S(=O)(=O)c1ccc(N(C(=O)O)C2CC[C@@]3(C)C(=CC[C@H]4[C@@H]5CC[C@H]([C@H](C)CCCC(C)C)[C@@]5(C)CC[C@@H]43)C2)cc1. The minimum absolute atomic E-state index is 0.140. The van der Waals surface area contributed by atoms with E-state index in [0.717, 1.165) is 68.1 Å². The number of rotatable bonds is 13. The number of sulfonamides is 1. The fraction of sp³-hybridized carbons (Fsp3) is 0.775. The average molecular weight is 669 g/mol. The molecular weight excluding hydrogens is 605 g/mol. The highest BCUT2D eigenvalue weighted by atomic mass is 32.2. The molecule has 6 nitrogen and oxygen atoms in total. The van der Waals surface area contributed by atoms with E-state index in [4.69, 9.17) is 0 Å². The van der Waals surface area contributed by atoms with Gasteiger partial charge in [0.05, 0.1) is 4.90 Å². The first-order valence-corrected chi connectivity index (χ1v) is 20.5. The quantitative estimate of drug-likeness (QED) is 0.212. The van der Waals surface area contributed by atoms with Crippen molar-refractivity contribution in [2.24, 2.45) is 46.3 Å². The Labute approximate surface area is 286 Å². The van der Waals surface area contributed by atoms with Gasteiger partial charge in [0, 0.05) is 24.8 Å². The number of hydrogen-bond acceptors (Lipinski definition) is 3. The summed E-state index contributed by atoms with van der Waals surface area (Å²) in [5.41, 5.74) is 2.63. The molecule has 3 fully saturated rings. The van der Waals surface area contributed by atoms with Gasteiger partial charge in [0.2, 0.25) is 10.0 Å². The maximum absolute atomic E-state index is 13.3. The molecule has 4 aliphatic carbocycles. The van der Waals surface area contributed by atoms with Crippen molar-refractivity contribution in [2.75, 3.05) is 18.0 Å². The van der Waals surface area contributed by atoms with Crippen molar-refractivity contribution < 1.29 is 18.3 Å². The lowest BCUT2D eigenvalue weighted by molar-refractivity contribution is -0.0509. The smallest absolute Gasteiger partial charge is 0.412 e. The summed E-state index contributed by atoms with van der Waals surface area (Å²) in [6, 6.07) is 6.43. The van der Waals surface area contributed by atoms with Gasteiger partial charge in [-0.05, 0) is 135 Å². The van der Waals surface area contributed by atoms with Crippen molar-refractivity contribution in [3.05, 3.63) is 35.9 Å². The van der Waals surface area contributed by atoms with E-state index in [1.807, 2.05) is 13.8 Å². The molecule has 0 radical (unpaired) electrons. The lowest BCUT2D eigenvalue weighted by atomic mass is 9.46. The summed E-state index contributed by atoms with van der Waals surface area (Å²) >= 11 is 0. The topological polar surface area (TPSA) is 77.9 Å². The van der Waals surface area contributed by atoms with E-state index >= 15 is 0 Å². The third-order valence-electron chi connectivity index (χ3n) is 13.5. The van der Waals surface area contributed by atoms with Crippen LogP contribution in [-0.4, -0.2) is 43.1 Å². The first-order chi connectivity index (χ1) is 22.3. The number of carboxylic acid groups (broad SMARTS) is 1. The first kappa shape index (κ1) is 36.4. The van der Waals surface area contributed by atoms with Crippen molar-refractivity contribution in [3.8, 4) is 0 Å². The molecule has 1 aromatic rings. The van der Waals surface area contributed by atoms with Gasteiger partial charge >= 0.3 is 6.09 Å². The van der Waals surface area contributed by atoms with E-state index in [1.54, 1.807) is 24.3 Å². The van der Waals surface area contributed by atoms with Crippen LogP contribution in [0.15, 0.2) is 40.8 Å². The highest BCUT2D eigenvalue weighted by Gasteiger charge is 2.59. The predicted octanol–water partition coefficient (Wildman–Crippen LogP) is 10.4. The monoisotopic (exact) mass is 668 g/mol. The molecule has 0 heterocycles. The zero-order valence-electron chi connectivity index (χ0n) is 30.5. The van der Waals surface area contributed by atoms with E-state index in [9.17, 15) is 18.3 Å². The van der Waals surface area contributed by atoms with Crippen LogP contribution in [0.2, 0.25) is 0 Å². The number of amides is 1. The molecule has 47 heavy (non-hydrogen) atoms. The standard InChI is InChI=1S/C40H64N2O4S/c1-8-25-41(26-9-2)47(45,46)33-16-14-31(15-17-33)42(38(43)44)32-21-23-39(6)30(27-32)13-18-34-36-20-19-35(29(5)12-10-11-28(3)4)40(36,7)24-22-37(34)39/h13-17,28-29,32,34-37H,8-12,18-27H2,1-7H3,(H,43,44)/t29-,32?,34+,35-,36+,37+,39+,40-/m1/s1. The predicted molar refractivity (Wildman–Crippen MR) is 193 cm³/mol. The van der Waals surface area contributed by atoms with Gasteiger partial charge in [-0.2, -0.15) is 4.31 Å². The van der Waals surface area contributed by atoms with Gasteiger partial charge in [-0.25, -0.2) is 13.2 Å². The highest BCUT2D eigenvalue weighted by molar-refractivity contribution is 7.89. The summed E-state index contributed by atoms with van der Waals surface area (Å²) in [6.07, 6.45) is 16.3. The summed E-state index contributed by atoms with van der Waals surface area (Å²) in [5.74, 6) is 4.69. The minimum atomic E-state index is -3.62. The molecule has 3 saturated carbocycles. The largest absolute Gasteiger partial charge is 0.465 e. The van der Waals surface area contributed by atoms with Crippen LogP contribution in [-0.2, 0) is 10.0 Å². The van der Waals surface area contributed by atoms with Crippen LogP contribution in [0.3, 0.4) is 0 Å². The van der Waals surface area contributed by atoms with Crippen molar-refractivity contribution in [1.29, 1.82) is 0 Å². The van der Waals surface area contributed by atoms with Gasteiger partial charge in [0.15, 0.2) is 0 Å². The first-order valence-electron chi connectivity index (χ1n) is 19.1. The molecule has 0 aliphatic heterocycles. The Hall–Kier alpha value is -1.86. The number of allylic oxidation sites excluding steroid dienone is 1. The molecule has 4 aliphatic rings. The molecule has 1 amide bonds. The Bertz CT molecular complexity index is 1370. The van der Waals surface area contributed by atoms with Gasteiger partial charge in [0.1, 0.15) is 0 Å². The third-order valence-corrected chi connectivity index (χ3v) is 15.5. The molecule has 0 bridgehead atoms. The number of hydrogen-bond donors (Lipinski definition) is 1. The molecule has 8 atom stereocenters. The normalized spacial score (nSPS) is 32.8. The van der Waals surface area contributed by atoms with Gasteiger partial charge in [0.25, 0.3) is 0 Å². The molecular formula is C40H64N2O4S. The van der Waals surface area contributed by atoms with Crippen molar-refractivity contribution in [2.45, 2.75) is 143 Å². The number of nitrogens with zero attached hydrogens (tertiary/aromatic N) is 2. The third kappa shape index (κ3) is 6.96.